The van der Waals surface area contributed by atoms with Gasteiger partial charge in [0, 0.05) is 20.8 Å². The molecule has 0 aliphatic rings. The molecule has 5 heteroatoms. The summed E-state index contributed by atoms with van der Waals surface area (Å²) < 4.78 is 26.5. The van der Waals surface area contributed by atoms with Crippen molar-refractivity contribution in [2.24, 2.45) is 0 Å². The molecular formula is C14H9F2NS2. The fraction of sp³-hybridized carbons (Fsp3) is 0.0714. The largest absolute Gasteiger partial charge is 0.207 e. The van der Waals surface area contributed by atoms with Crippen molar-refractivity contribution in [2.75, 3.05) is 6.26 Å². The molecule has 0 saturated carbocycles. The molecule has 0 bridgehead atoms. The van der Waals surface area contributed by atoms with Gasteiger partial charge in [0.25, 0.3) is 0 Å². The number of rotatable bonds is 3. The third-order valence-electron chi connectivity index (χ3n) is 2.43. The minimum absolute atomic E-state index is 0.302. The van der Waals surface area contributed by atoms with Gasteiger partial charge in [-0.3, -0.25) is 0 Å². The van der Waals surface area contributed by atoms with Gasteiger partial charge in [0.2, 0.25) is 0 Å². The number of nitriles is 1. The van der Waals surface area contributed by atoms with Crippen LogP contribution >= 0.6 is 23.5 Å². The Morgan fingerprint density at radius 2 is 1.79 bits per heavy atom. The molecule has 2 aromatic carbocycles. The fourth-order valence-electron chi connectivity index (χ4n) is 1.55. The van der Waals surface area contributed by atoms with Crippen molar-refractivity contribution >= 4 is 23.5 Å². The van der Waals surface area contributed by atoms with Crippen molar-refractivity contribution in [1.29, 1.82) is 5.26 Å². The van der Waals surface area contributed by atoms with Crippen molar-refractivity contribution in [3.8, 4) is 6.07 Å². The van der Waals surface area contributed by atoms with Crippen LogP contribution in [0.2, 0.25) is 0 Å². The normalized spacial score (nSPS) is 10.2. The SMILES string of the molecule is CSc1cccc(Sc2ccc(F)cc2F)c1C#N. The zero-order valence-electron chi connectivity index (χ0n) is 9.98. The maximum Gasteiger partial charge on any atom is 0.140 e. The monoisotopic (exact) mass is 293 g/mol. The smallest absolute Gasteiger partial charge is 0.140 e. The van der Waals surface area contributed by atoms with E-state index in [-0.39, 0.29) is 0 Å². The summed E-state index contributed by atoms with van der Waals surface area (Å²) in [5.41, 5.74) is 0.517. The maximum absolute atomic E-state index is 13.6. The molecule has 19 heavy (non-hydrogen) atoms. The van der Waals surface area contributed by atoms with Crippen LogP contribution in [0.5, 0.6) is 0 Å². The molecule has 0 heterocycles. The highest BCUT2D eigenvalue weighted by Gasteiger charge is 2.11. The van der Waals surface area contributed by atoms with Gasteiger partial charge in [0.15, 0.2) is 0 Å². The van der Waals surface area contributed by atoms with Crippen LogP contribution in [0.3, 0.4) is 0 Å². The van der Waals surface area contributed by atoms with Gasteiger partial charge in [-0.1, -0.05) is 17.8 Å². The molecule has 0 saturated heterocycles. The third-order valence-corrected chi connectivity index (χ3v) is 4.32. The molecule has 1 nitrogen and oxygen atoms in total. The Kier molecular flexibility index (Phi) is 4.46. The van der Waals surface area contributed by atoms with E-state index in [1.807, 2.05) is 18.4 Å². The molecule has 0 atom stereocenters. The van der Waals surface area contributed by atoms with Crippen LogP contribution in [-0.4, -0.2) is 6.26 Å². The predicted molar refractivity (Wildman–Crippen MR) is 73.4 cm³/mol. The first-order valence-corrected chi connectivity index (χ1v) is 7.40. The minimum Gasteiger partial charge on any atom is -0.207 e. The Morgan fingerprint density at radius 3 is 2.42 bits per heavy atom. The summed E-state index contributed by atoms with van der Waals surface area (Å²) in [4.78, 5) is 1.81. The number of hydrogen-bond donors (Lipinski definition) is 0. The molecule has 0 radical (unpaired) electrons. The fourth-order valence-corrected chi connectivity index (χ4v) is 3.13. The molecule has 0 N–H and O–H groups in total. The van der Waals surface area contributed by atoms with Gasteiger partial charge in [-0.25, -0.2) is 8.78 Å². The van der Waals surface area contributed by atoms with E-state index in [0.29, 0.717) is 15.4 Å². The van der Waals surface area contributed by atoms with Crippen LogP contribution < -0.4 is 0 Å². The van der Waals surface area contributed by atoms with Crippen molar-refractivity contribution in [1.82, 2.24) is 0 Å². The topological polar surface area (TPSA) is 23.8 Å². The lowest BCUT2D eigenvalue weighted by Gasteiger charge is -2.08. The first-order valence-electron chi connectivity index (χ1n) is 5.35. The molecule has 96 valence electrons. The van der Waals surface area contributed by atoms with Gasteiger partial charge in [-0.15, -0.1) is 11.8 Å². The van der Waals surface area contributed by atoms with E-state index in [0.717, 1.165) is 22.7 Å². The van der Waals surface area contributed by atoms with E-state index < -0.39 is 11.6 Å². The highest BCUT2D eigenvalue weighted by molar-refractivity contribution is 8.00. The van der Waals surface area contributed by atoms with Crippen LogP contribution in [0.4, 0.5) is 8.78 Å². The van der Waals surface area contributed by atoms with E-state index >= 15 is 0 Å². The summed E-state index contributed by atoms with van der Waals surface area (Å²) in [5, 5.41) is 9.19. The highest BCUT2D eigenvalue weighted by atomic mass is 32.2. The number of hydrogen-bond acceptors (Lipinski definition) is 3. The summed E-state index contributed by atoms with van der Waals surface area (Å²) in [6, 6.07) is 11.0. The molecule has 0 aliphatic carbocycles. The van der Waals surface area contributed by atoms with E-state index in [1.165, 1.54) is 23.9 Å². The molecule has 0 fully saturated rings. The number of benzene rings is 2. The van der Waals surface area contributed by atoms with E-state index in [2.05, 4.69) is 6.07 Å². The lowest BCUT2D eigenvalue weighted by Crippen LogP contribution is -1.88. The average Bonchev–Trinajstić information content (AvgIpc) is 2.41. The van der Waals surface area contributed by atoms with Gasteiger partial charge < -0.3 is 0 Å². The van der Waals surface area contributed by atoms with E-state index in [1.54, 1.807) is 6.07 Å². The summed E-state index contributed by atoms with van der Waals surface area (Å²) in [6.45, 7) is 0. The van der Waals surface area contributed by atoms with Crippen LogP contribution in [0, 0.1) is 23.0 Å². The number of nitrogens with zero attached hydrogens (tertiary/aromatic N) is 1. The summed E-state index contributed by atoms with van der Waals surface area (Å²) in [7, 11) is 0. The molecule has 0 unspecified atom stereocenters. The van der Waals surface area contributed by atoms with Crippen LogP contribution in [0.1, 0.15) is 5.56 Å². The van der Waals surface area contributed by atoms with Gasteiger partial charge in [0.05, 0.1) is 5.56 Å². The third kappa shape index (κ3) is 3.09. The summed E-state index contributed by atoms with van der Waals surface area (Å²) >= 11 is 2.59. The van der Waals surface area contributed by atoms with Crippen LogP contribution in [-0.2, 0) is 0 Å². The predicted octanol–water partition coefficient (Wildman–Crippen LogP) is 4.71. The molecule has 0 aromatic heterocycles. The van der Waals surface area contributed by atoms with Crippen LogP contribution in [0.25, 0.3) is 0 Å². The molecule has 0 spiro atoms. The Hall–Kier alpha value is -1.51. The second-order valence-corrected chi connectivity index (χ2v) is 5.55. The molecule has 2 aromatic rings. The van der Waals surface area contributed by atoms with Gasteiger partial charge in [0.1, 0.15) is 17.7 Å². The maximum atomic E-state index is 13.6. The van der Waals surface area contributed by atoms with E-state index in [9.17, 15) is 14.0 Å². The Labute approximate surface area is 118 Å². The van der Waals surface area contributed by atoms with Gasteiger partial charge in [-0.2, -0.15) is 5.26 Å². The molecule has 2 rings (SSSR count). The zero-order chi connectivity index (χ0) is 13.8. The van der Waals surface area contributed by atoms with Crippen molar-refractivity contribution < 1.29 is 8.78 Å². The van der Waals surface area contributed by atoms with E-state index in [4.69, 9.17) is 0 Å². The quantitative estimate of drug-likeness (QED) is 0.766. The number of thioether (sulfide) groups is 1. The molecule has 0 amide bonds. The minimum atomic E-state index is -0.622. The number of halogens is 2. The van der Waals surface area contributed by atoms with Crippen molar-refractivity contribution in [3.63, 3.8) is 0 Å². The molecular weight excluding hydrogens is 284 g/mol. The van der Waals surface area contributed by atoms with Crippen LogP contribution in [0.15, 0.2) is 51.1 Å². The standard InChI is InChI=1S/C14H9F2NS2/c1-18-12-3-2-4-13(10(12)8-17)19-14-6-5-9(15)7-11(14)16/h2-7H,1H3. The Bertz CT molecular complexity index is 650. The first kappa shape index (κ1) is 13.9. The van der Waals surface area contributed by atoms with Gasteiger partial charge in [-0.05, 0) is 30.5 Å². The lowest BCUT2D eigenvalue weighted by molar-refractivity contribution is 0.565. The van der Waals surface area contributed by atoms with Crippen molar-refractivity contribution in [2.45, 2.75) is 14.7 Å². The van der Waals surface area contributed by atoms with Crippen molar-refractivity contribution in [3.05, 3.63) is 53.6 Å². The Balaban J connectivity index is 2.41. The lowest BCUT2D eigenvalue weighted by atomic mass is 10.2. The Morgan fingerprint density at radius 1 is 1.05 bits per heavy atom. The zero-order valence-corrected chi connectivity index (χ0v) is 11.6. The summed E-state index contributed by atoms with van der Waals surface area (Å²) in [5.74, 6) is -1.23. The average molecular weight is 293 g/mol. The van der Waals surface area contributed by atoms with Gasteiger partial charge >= 0.3 is 0 Å². The molecule has 0 aliphatic heterocycles. The highest BCUT2D eigenvalue weighted by Crippen LogP contribution is 2.35. The first-order chi connectivity index (χ1) is 9.15. The second-order valence-electron chi connectivity index (χ2n) is 3.62. The second kappa shape index (κ2) is 6.09. The summed E-state index contributed by atoms with van der Waals surface area (Å²) in [6.07, 6.45) is 1.88.